The van der Waals surface area contributed by atoms with E-state index in [1.807, 2.05) is 0 Å². The third-order valence-electron chi connectivity index (χ3n) is 1.95. The van der Waals surface area contributed by atoms with Crippen LogP contribution in [0.2, 0.25) is 15.8 Å². The second kappa shape index (κ2) is 4.92. The number of hydrogen-bond donors (Lipinski definition) is 0. The molecule has 1 fully saturated rings. The monoisotopic (exact) mass is 483 g/mol. The molecular weight excluding hydrogens is 467 g/mol. The molecule has 0 aromatic heterocycles. The molecule has 0 aromatic rings. The van der Waals surface area contributed by atoms with Crippen LogP contribution in [0.3, 0.4) is 0 Å². The third-order valence-corrected chi connectivity index (χ3v) is 11.5. The van der Waals surface area contributed by atoms with Gasteiger partial charge in [0.25, 0.3) is 0 Å². The van der Waals surface area contributed by atoms with Crippen LogP contribution < -0.4 is 0 Å². The second-order valence-electron chi connectivity index (χ2n) is 6.01. The fourth-order valence-corrected chi connectivity index (χ4v) is 10.8. The van der Waals surface area contributed by atoms with Crippen LogP contribution in [0.15, 0.2) is 0 Å². The summed E-state index contributed by atoms with van der Waals surface area (Å²) in [6, 6.07) is 0. The first-order chi connectivity index (χ1) is 7.18. The van der Waals surface area contributed by atoms with E-state index in [0.717, 1.165) is 0 Å². The van der Waals surface area contributed by atoms with Crippen molar-refractivity contribution in [1.29, 1.82) is 0 Å². The molecule has 0 radical (unpaired) electrons. The summed E-state index contributed by atoms with van der Waals surface area (Å²) in [6.45, 7) is 0. The molecule has 0 N–H and O–H groups in total. The van der Waals surface area contributed by atoms with Crippen molar-refractivity contribution < 1.29 is 49.8 Å². The second-order valence-corrected chi connectivity index (χ2v) is 40.3. The van der Waals surface area contributed by atoms with Crippen LogP contribution in [0.5, 0.6) is 0 Å². The minimum absolute atomic E-state index is 0.0492. The number of imide groups is 1. The Balaban J connectivity index is 0.000000437. The molecule has 1 aliphatic rings. The van der Waals surface area contributed by atoms with E-state index < -0.39 is 30.2 Å². The first-order valence-electron chi connectivity index (χ1n) is 5.16. The van der Waals surface area contributed by atoms with Gasteiger partial charge in [0.1, 0.15) is 0 Å². The fraction of sp³-hybridized carbons (Fsp3) is 0.750. The van der Waals surface area contributed by atoms with Crippen molar-refractivity contribution in [3.63, 3.8) is 0 Å². The molecule has 1 rings (SSSR count). The van der Waals surface area contributed by atoms with E-state index in [9.17, 15) is 26.9 Å². The number of nitrogens with zero attached hydrogens (tertiary/aromatic N) is 1. The zero-order chi connectivity index (χ0) is 14.1. The van der Waals surface area contributed by atoms with Gasteiger partial charge in [-0.3, -0.25) is 0 Å². The average molecular weight is 483 g/mol. The molecule has 1 saturated heterocycles. The number of carbonyl (C=O) groups is 2. The molecule has 0 aliphatic carbocycles. The van der Waals surface area contributed by atoms with Crippen LogP contribution in [0.4, 0.5) is 17.3 Å². The summed E-state index contributed by atoms with van der Waals surface area (Å²) in [4.78, 5) is 22.8. The van der Waals surface area contributed by atoms with Gasteiger partial charge in [-0.1, -0.05) is 0 Å². The summed E-state index contributed by atoms with van der Waals surface area (Å²) < 4.78 is 49.1. The number of halogens is 4. The number of carbonyl (C=O) groups excluding carboxylic acids is 2. The van der Waals surface area contributed by atoms with Crippen LogP contribution >= 0.6 is 0 Å². The zero-order valence-electron chi connectivity index (χ0n) is 10.3. The minimum atomic E-state index is -6.00. The van der Waals surface area contributed by atoms with Crippen molar-refractivity contribution in [3.8, 4) is 0 Å². The Morgan fingerprint density at radius 2 is 1.18 bits per heavy atom. The molecule has 0 spiro atoms. The molecule has 0 saturated carbocycles. The Kier molecular flexibility index (Phi) is 4.92. The molecule has 0 atom stereocenters. The van der Waals surface area contributed by atoms with E-state index in [1.54, 1.807) is 2.23 Å². The molecule has 1 heterocycles. The van der Waals surface area contributed by atoms with E-state index in [1.165, 1.54) is 0 Å². The molecule has 9 heteroatoms. The van der Waals surface area contributed by atoms with Gasteiger partial charge in [-0.25, -0.2) is 0 Å². The normalized spacial score (nSPS) is 19.5. The Morgan fingerprint density at radius 3 is 1.29 bits per heavy atom. The first kappa shape index (κ1) is 17.0. The van der Waals surface area contributed by atoms with Gasteiger partial charge < -0.3 is 17.3 Å². The van der Waals surface area contributed by atoms with Crippen LogP contribution in [0.1, 0.15) is 12.8 Å². The Bertz CT molecular complexity index is 305. The van der Waals surface area contributed by atoms with Crippen molar-refractivity contribution in [2.75, 3.05) is 0 Å². The fourth-order valence-electron chi connectivity index (χ4n) is 1.57. The van der Waals surface area contributed by atoms with Gasteiger partial charge in [0.05, 0.1) is 0 Å². The maximum absolute atomic E-state index is 11.4. The summed E-state index contributed by atoms with van der Waals surface area (Å²) in [6.07, 6.45) is 0.853. The van der Waals surface area contributed by atoms with Crippen molar-refractivity contribution in [3.05, 3.63) is 0 Å². The van der Waals surface area contributed by atoms with Crippen LogP contribution in [0, 0.1) is 23.0 Å². The number of hydrogen-bond acceptors (Lipinski definition) is 2. The number of rotatable bonds is 1. The molecule has 100 valence electrons. The van der Waals surface area contributed by atoms with Crippen molar-refractivity contribution in [1.82, 2.24) is 2.23 Å². The summed E-state index contributed by atoms with van der Waals surface area (Å²) in [5.41, 5.74) is 0. The van der Waals surface area contributed by atoms with Gasteiger partial charge in [-0.2, -0.15) is 0 Å². The van der Waals surface area contributed by atoms with E-state index in [2.05, 4.69) is 15.8 Å². The van der Waals surface area contributed by atoms with Crippen molar-refractivity contribution >= 4 is 19.1 Å². The Hall–Kier alpha value is -0.0231. The van der Waals surface area contributed by atoms with Gasteiger partial charge in [0.2, 0.25) is 0 Å². The van der Waals surface area contributed by atoms with Crippen LogP contribution in [0.25, 0.3) is 0 Å². The first-order valence-corrected chi connectivity index (χ1v) is 23.7. The Morgan fingerprint density at radius 1 is 0.941 bits per heavy atom. The molecule has 3 nitrogen and oxygen atoms in total. The predicted molar refractivity (Wildman–Crippen MR) is 54.7 cm³/mol. The molecular formula is C8H16BF4NO2U. The van der Waals surface area contributed by atoms with Crippen molar-refractivity contribution in [2.24, 2.45) is 0 Å². The van der Waals surface area contributed by atoms with E-state index in [0.29, 0.717) is 12.8 Å². The van der Waals surface area contributed by atoms with Crippen LogP contribution in [-0.2, 0) is 9.59 Å². The summed E-state index contributed by atoms with van der Waals surface area (Å²) in [5, 5.41) is 0. The van der Waals surface area contributed by atoms with E-state index in [-0.39, 0.29) is 11.8 Å². The van der Waals surface area contributed by atoms with Gasteiger partial charge in [-0.15, -0.1) is 0 Å². The Labute approximate surface area is 99.5 Å². The quantitative estimate of drug-likeness (QED) is 0.327. The third kappa shape index (κ3) is 7.09. The molecule has 1 aliphatic heterocycles. The maximum atomic E-state index is 11.4. The van der Waals surface area contributed by atoms with Gasteiger partial charge in [0, 0.05) is 0 Å². The van der Waals surface area contributed by atoms with E-state index in [4.69, 9.17) is 0 Å². The SMILES string of the molecule is F[B-](F)(F)F.[CH3][U+]([CH3])([CH3])([CH3])[N]1C(=O)CCC1=O. The molecule has 0 bridgehead atoms. The number of amides is 2. The summed E-state index contributed by atoms with van der Waals surface area (Å²) in [7, 11) is -6.00. The van der Waals surface area contributed by atoms with E-state index >= 15 is 0 Å². The predicted octanol–water partition coefficient (Wildman–Crippen LogP) is 3.23. The molecule has 0 unspecified atom stereocenters. The van der Waals surface area contributed by atoms with Gasteiger partial charge >= 0.3 is 82.5 Å². The average Bonchev–Trinajstić information content (AvgIpc) is 2.23. The van der Waals surface area contributed by atoms with Gasteiger partial charge in [-0.05, 0) is 0 Å². The molecule has 17 heavy (non-hydrogen) atoms. The topological polar surface area (TPSA) is 37.4 Å². The van der Waals surface area contributed by atoms with Gasteiger partial charge in [0.15, 0.2) is 0 Å². The molecule has 2 amide bonds. The summed E-state index contributed by atoms with van der Waals surface area (Å²) in [5.74, 6) is 0.0985. The van der Waals surface area contributed by atoms with Crippen LogP contribution in [-0.4, -0.2) is 21.3 Å². The standard InChI is InChI=1S/C4H5NO2.4CH3.BF4.U/c6-3-1-2-4(7)5-3;;;;;2-1(3,4)5;/h1-2H2,(H,5,6,7);4*1H3;;/q;;;;;-1;+2/p-1. The van der Waals surface area contributed by atoms with Crippen molar-refractivity contribution in [2.45, 2.75) is 28.7 Å². The zero-order valence-corrected chi connectivity index (χ0v) is 14.4. The summed E-state index contributed by atoms with van der Waals surface area (Å²) >= 11 is -3.21. The molecule has 0 aromatic carbocycles.